The number of aromatic nitrogens is 2. The van der Waals surface area contributed by atoms with Crippen molar-refractivity contribution in [2.45, 2.75) is 19.2 Å². The van der Waals surface area contributed by atoms with E-state index in [2.05, 4.69) is 10.1 Å². The van der Waals surface area contributed by atoms with Crippen molar-refractivity contribution in [1.29, 1.82) is 0 Å². The SMILES string of the molecule is CCCOc1c(Cl)cc(-c2nc(CCl)no2)cc1OC. The third-order valence-corrected chi connectivity index (χ3v) is 3.03. The Morgan fingerprint density at radius 3 is 2.75 bits per heavy atom. The monoisotopic (exact) mass is 316 g/mol. The first-order chi connectivity index (χ1) is 9.69. The lowest BCUT2D eigenvalue weighted by Gasteiger charge is -2.12. The van der Waals surface area contributed by atoms with Crippen molar-refractivity contribution in [3.05, 3.63) is 23.0 Å². The molecule has 1 heterocycles. The lowest BCUT2D eigenvalue weighted by Crippen LogP contribution is -1.99. The van der Waals surface area contributed by atoms with Crippen LogP contribution in [0.25, 0.3) is 11.5 Å². The molecule has 7 heteroatoms. The number of nitrogens with zero attached hydrogens (tertiary/aromatic N) is 2. The minimum Gasteiger partial charge on any atom is -0.493 e. The second-order valence-corrected chi connectivity index (χ2v) is 4.66. The normalized spacial score (nSPS) is 10.6. The molecule has 2 aromatic rings. The Kier molecular flexibility index (Phi) is 5.09. The number of hydrogen-bond donors (Lipinski definition) is 0. The van der Waals surface area contributed by atoms with Gasteiger partial charge in [0.2, 0.25) is 0 Å². The molecule has 0 saturated carbocycles. The molecule has 0 aliphatic rings. The van der Waals surface area contributed by atoms with Crippen molar-refractivity contribution < 1.29 is 14.0 Å². The molecule has 1 aromatic heterocycles. The number of methoxy groups -OCH3 is 1. The van der Waals surface area contributed by atoms with Crippen molar-refractivity contribution in [3.8, 4) is 23.0 Å². The molecule has 0 fully saturated rings. The van der Waals surface area contributed by atoms with Gasteiger partial charge in [-0.3, -0.25) is 0 Å². The third kappa shape index (κ3) is 3.16. The summed E-state index contributed by atoms with van der Waals surface area (Å²) < 4.78 is 16.0. The summed E-state index contributed by atoms with van der Waals surface area (Å²) in [6.45, 7) is 2.58. The van der Waals surface area contributed by atoms with E-state index in [1.54, 1.807) is 19.2 Å². The van der Waals surface area contributed by atoms with Crippen LogP contribution in [0.5, 0.6) is 11.5 Å². The molecule has 0 amide bonds. The molecular weight excluding hydrogens is 303 g/mol. The number of benzene rings is 1. The summed E-state index contributed by atoms with van der Waals surface area (Å²) in [7, 11) is 1.55. The smallest absolute Gasteiger partial charge is 0.258 e. The van der Waals surface area contributed by atoms with E-state index in [4.69, 9.17) is 37.2 Å². The minimum absolute atomic E-state index is 0.187. The Morgan fingerprint density at radius 1 is 1.35 bits per heavy atom. The van der Waals surface area contributed by atoms with E-state index in [-0.39, 0.29) is 5.88 Å². The summed E-state index contributed by atoms with van der Waals surface area (Å²) in [5.41, 5.74) is 0.652. The zero-order valence-corrected chi connectivity index (χ0v) is 12.7. The molecule has 0 bridgehead atoms. The Labute approximate surface area is 126 Å². The van der Waals surface area contributed by atoms with Gasteiger partial charge in [0.15, 0.2) is 17.3 Å². The average molecular weight is 317 g/mol. The van der Waals surface area contributed by atoms with Gasteiger partial charge in [0.05, 0.1) is 24.6 Å². The van der Waals surface area contributed by atoms with Crippen LogP contribution in [0, 0.1) is 0 Å². The molecular formula is C13H14Cl2N2O3. The maximum atomic E-state index is 6.22. The number of hydrogen-bond acceptors (Lipinski definition) is 5. The Morgan fingerprint density at radius 2 is 2.15 bits per heavy atom. The summed E-state index contributed by atoms with van der Waals surface area (Å²) in [4.78, 5) is 4.14. The zero-order chi connectivity index (χ0) is 14.5. The number of ether oxygens (including phenoxy) is 2. The highest BCUT2D eigenvalue weighted by Crippen LogP contribution is 2.39. The van der Waals surface area contributed by atoms with E-state index in [1.807, 2.05) is 6.92 Å². The molecule has 0 saturated heterocycles. The Bertz CT molecular complexity index is 587. The summed E-state index contributed by atoms with van der Waals surface area (Å²) in [6.07, 6.45) is 0.879. The van der Waals surface area contributed by atoms with Crippen LogP contribution in [-0.4, -0.2) is 23.9 Å². The molecule has 0 unspecified atom stereocenters. The zero-order valence-electron chi connectivity index (χ0n) is 11.2. The second-order valence-electron chi connectivity index (χ2n) is 3.99. The number of halogens is 2. The van der Waals surface area contributed by atoms with Gasteiger partial charge >= 0.3 is 0 Å². The van der Waals surface area contributed by atoms with Crippen molar-refractivity contribution >= 4 is 23.2 Å². The molecule has 5 nitrogen and oxygen atoms in total. The quantitative estimate of drug-likeness (QED) is 0.756. The van der Waals surface area contributed by atoms with E-state index in [0.717, 1.165) is 6.42 Å². The maximum Gasteiger partial charge on any atom is 0.258 e. The van der Waals surface area contributed by atoms with Crippen LogP contribution in [0.4, 0.5) is 0 Å². The van der Waals surface area contributed by atoms with Gasteiger partial charge in [-0.25, -0.2) is 0 Å². The van der Waals surface area contributed by atoms with Gasteiger partial charge in [-0.1, -0.05) is 23.7 Å². The number of rotatable bonds is 6. The van der Waals surface area contributed by atoms with Gasteiger partial charge in [-0.05, 0) is 18.6 Å². The standard InChI is InChI=1S/C13H14Cl2N2O3/c1-3-4-19-12-9(15)5-8(6-10(12)18-2)13-16-11(7-14)17-20-13/h5-6H,3-4,7H2,1-2H3. The Hall–Kier alpha value is -1.46. The van der Waals surface area contributed by atoms with E-state index < -0.39 is 0 Å². The lowest BCUT2D eigenvalue weighted by atomic mass is 10.2. The van der Waals surface area contributed by atoms with Crippen LogP contribution in [0.1, 0.15) is 19.2 Å². The predicted octanol–water partition coefficient (Wildman–Crippen LogP) is 3.93. The van der Waals surface area contributed by atoms with Crippen molar-refractivity contribution in [3.63, 3.8) is 0 Å². The van der Waals surface area contributed by atoms with Gasteiger partial charge < -0.3 is 14.0 Å². The van der Waals surface area contributed by atoms with E-state index >= 15 is 0 Å². The van der Waals surface area contributed by atoms with Gasteiger partial charge in [0, 0.05) is 5.56 Å². The summed E-state index contributed by atoms with van der Waals surface area (Å²) in [5, 5.41) is 4.16. The fraction of sp³-hybridized carbons (Fsp3) is 0.385. The van der Waals surface area contributed by atoms with Crippen LogP contribution in [0.2, 0.25) is 5.02 Å². The van der Waals surface area contributed by atoms with Gasteiger partial charge in [-0.2, -0.15) is 4.98 Å². The molecule has 0 atom stereocenters. The molecule has 0 aliphatic carbocycles. The van der Waals surface area contributed by atoms with Crippen LogP contribution in [0.3, 0.4) is 0 Å². The molecule has 20 heavy (non-hydrogen) atoms. The van der Waals surface area contributed by atoms with Crippen LogP contribution in [-0.2, 0) is 5.88 Å². The molecule has 1 aromatic carbocycles. The van der Waals surface area contributed by atoms with Gasteiger partial charge in [-0.15, -0.1) is 11.6 Å². The average Bonchev–Trinajstić information content (AvgIpc) is 2.94. The van der Waals surface area contributed by atoms with E-state index in [0.29, 0.717) is 40.4 Å². The molecule has 108 valence electrons. The van der Waals surface area contributed by atoms with Crippen LogP contribution < -0.4 is 9.47 Å². The first-order valence-corrected chi connectivity index (χ1v) is 7.00. The Balaban J connectivity index is 2.38. The second kappa shape index (κ2) is 6.81. The highest BCUT2D eigenvalue weighted by atomic mass is 35.5. The van der Waals surface area contributed by atoms with Crippen molar-refractivity contribution in [1.82, 2.24) is 10.1 Å². The highest BCUT2D eigenvalue weighted by Gasteiger charge is 2.16. The number of alkyl halides is 1. The third-order valence-electron chi connectivity index (χ3n) is 2.51. The largest absolute Gasteiger partial charge is 0.493 e. The van der Waals surface area contributed by atoms with Crippen molar-refractivity contribution in [2.24, 2.45) is 0 Å². The molecule has 2 rings (SSSR count). The van der Waals surface area contributed by atoms with Crippen LogP contribution in [0.15, 0.2) is 16.7 Å². The van der Waals surface area contributed by atoms with Gasteiger partial charge in [0.1, 0.15) is 0 Å². The van der Waals surface area contributed by atoms with E-state index in [9.17, 15) is 0 Å². The maximum absolute atomic E-state index is 6.22. The van der Waals surface area contributed by atoms with Crippen molar-refractivity contribution in [2.75, 3.05) is 13.7 Å². The van der Waals surface area contributed by atoms with Gasteiger partial charge in [0.25, 0.3) is 5.89 Å². The summed E-state index contributed by atoms with van der Waals surface area (Å²) in [6, 6.07) is 3.43. The molecule has 0 N–H and O–H groups in total. The lowest BCUT2D eigenvalue weighted by molar-refractivity contribution is 0.294. The molecule has 0 aliphatic heterocycles. The molecule has 0 radical (unpaired) electrons. The first kappa shape index (κ1) is 14.9. The fourth-order valence-electron chi connectivity index (χ4n) is 1.61. The van der Waals surface area contributed by atoms with Crippen LogP contribution >= 0.6 is 23.2 Å². The minimum atomic E-state index is 0.187. The fourth-order valence-corrected chi connectivity index (χ4v) is 1.99. The van der Waals surface area contributed by atoms with E-state index in [1.165, 1.54) is 0 Å². The highest BCUT2D eigenvalue weighted by molar-refractivity contribution is 6.32. The summed E-state index contributed by atoms with van der Waals surface area (Å²) >= 11 is 11.9. The topological polar surface area (TPSA) is 57.4 Å². The first-order valence-electron chi connectivity index (χ1n) is 6.08. The summed E-state index contributed by atoms with van der Waals surface area (Å²) in [5.74, 6) is 1.97. The molecule has 0 spiro atoms. The predicted molar refractivity (Wildman–Crippen MR) is 76.6 cm³/mol.